The quantitative estimate of drug-likeness (QED) is 0.670. The molecule has 0 radical (unpaired) electrons. The highest BCUT2D eigenvalue weighted by molar-refractivity contribution is 5.96. The van der Waals surface area contributed by atoms with Gasteiger partial charge in [-0.2, -0.15) is 0 Å². The maximum atomic E-state index is 12.1. The van der Waals surface area contributed by atoms with Gasteiger partial charge in [-0.05, 0) is 24.1 Å². The zero-order chi connectivity index (χ0) is 18.4. The lowest BCUT2D eigenvalue weighted by Crippen LogP contribution is -2.15. The molecule has 6 heteroatoms. The van der Waals surface area contributed by atoms with E-state index in [0.717, 1.165) is 11.1 Å². The summed E-state index contributed by atoms with van der Waals surface area (Å²) in [7, 11) is 1.30. The Bertz CT molecular complexity index is 830. The molecule has 3 rings (SSSR count). The third-order valence-electron chi connectivity index (χ3n) is 3.86. The minimum atomic E-state index is -0.602. The summed E-state index contributed by atoms with van der Waals surface area (Å²) < 4.78 is 15.7. The highest BCUT2D eigenvalue weighted by Gasteiger charge is 2.20. The van der Waals surface area contributed by atoms with Gasteiger partial charge in [-0.1, -0.05) is 42.5 Å². The van der Waals surface area contributed by atoms with Gasteiger partial charge in [0.15, 0.2) is 0 Å². The summed E-state index contributed by atoms with van der Waals surface area (Å²) in [5, 5.41) is 2.65. The molecule has 2 aromatic rings. The Hall–Kier alpha value is -3.28. The normalized spacial score (nSPS) is 12.3. The fourth-order valence-corrected chi connectivity index (χ4v) is 2.63. The second-order valence-corrected chi connectivity index (χ2v) is 5.68. The van der Waals surface area contributed by atoms with Crippen molar-refractivity contribution in [1.82, 2.24) is 0 Å². The molecular formula is C20H19NO5. The average molecular weight is 353 g/mol. The van der Waals surface area contributed by atoms with Crippen LogP contribution in [0.3, 0.4) is 0 Å². The van der Waals surface area contributed by atoms with E-state index in [2.05, 4.69) is 5.32 Å². The van der Waals surface area contributed by atoms with Crippen LogP contribution in [-0.2, 0) is 22.5 Å². The number of fused-ring (bicyclic) bond motifs is 1. The van der Waals surface area contributed by atoms with Gasteiger partial charge in [-0.15, -0.1) is 0 Å². The number of esters is 1. The molecule has 6 nitrogen and oxygen atoms in total. The molecule has 1 aliphatic heterocycles. The van der Waals surface area contributed by atoms with Crippen molar-refractivity contribution in [3.05, 3.63) is 71.3 Å². The van der Waals surface area contributed by atoms with Gasteiger partial charge in [0, 0.05) is 11.3 Å². The Morgan fingerprint density at radius 2 is 1.96 bits per heavy atom. The summed E-state index contributed by atoms with van der Waals surface area (Å²) in [4.78, 5) is 24.2. The number of benzene rings is 2. The molecule has 0 spiro atoms. The first-order valence-corrected chi connectivity index (χ1v) is 8.18. The maximum absolute atomic E-state index is 12.1. The predicted octanol–water partition coefficient (Wildman–Crippen LogP) is 3.71. The first kappa shape index (κ1) is 17.5. The monoisotopic (exact) mass is 353 g/mol. The van der Waals surface area contributed by atoms with Gasteiger partial charge < -0.3 is 14.2 Å². The van der Waals surface area contributed by atoms with Gasteiger partial charge in [0.1, 0.15) is 24.5 Å². The first-order chi connectivity index (χ1) is 12.7. The predicted molar refractivity (Wildman–Crippen MR) is 96.4 cm³/mol. The van der Waals surface area contributed by atoms with Crippen LogP contribution in [0, 0.1) is 0 Å². The number of amides is 1. The maximum Gasteiger partial charge on any atom is 0.411 e. The Kier molecular flexibility index (Phi) is 5.53. The Labute approximate surface area is 151 Å². The molecule has 2 aromatic carbocycles. The number of hydrogen-bond acceptors (Lipinski definition) is 5. The Morgan fingerprint density at radius 1 is 1.15 bits per heavy atom. The average Bonchev–Trinajstić information content (AvgIpc) is 2.91. The number of rotatable bonds is 4. The minimum absolute atomic E-state index is 0.160. The number of nitrogens with one attached hydrogen (secondary N) is 1. The second-order valence-electron chi connectivity index (χ2n) is 5.68. The topological polar surface area (TPSA) is 73.9 Å². The molecule has 0 aliphatic carbocycles. The molecule has 1 aliphatic rings. The van der Waals surface area contributed by atoms with Crippen LogP contribution in [-0.4, -0.2) is 25.8 Å². The lowest BCUT2D eigenvalue weighted by Gasteiger charge is -2.15. The summed E-state index contributed by atoms with van der Waals surface area (Å²) >= 11 is 0. The van der Waals surface area contributed by atoms with E-state index < -0.39 is 12.1 Å². The first-order valence-electron chi connectivity index (χ1n) is 8.18. The van der Waals surface area contributed by atoms with Crippen LogP contribution >= 0.6 is 0 Å². The van der Waals surface area contributed by atoms with Crippen molar-refractivity contribution < 1.29 is 23.8 Å². The molecule has 0 bridgehead atoms. The number of methoxy groups -OCH3 is 1. The van der Waals surface area contributed by atoms with Crippen LogP contribution in [0.25, 0.3) is 0 Å². The number of hydrogen-bond donors (Lipinski definition) is 1. The summed E-state index contributed by atoms with van der Waals surface area (Å²) in [6.07, 6.45) is 3.82. The van der Waals surface area contributed by atoms with Crippen LogP contribution in [0.15, 0.2) is 54.6 Å². The van der Waals surface area contributed by atoms with Gasteiger partial charge in [0.25, 0.3) is 0 Å². The van der Waals surface area contributed by atoms with Crippen molar-refractivity contribution in [3.63, 3.8) is 0 Å². The third-order valence-corrected chi connectivity index (χ3v) is 3.86. The molecule has 0 unspecified atom stereocenters. The van der Waals surface area contributed by atoms with E-state index in [1.165, 1.54) is 13.2 Å². The third kappa shape index (κ3) is 4.22. The van der Waals surface area contributed by atoms with Crippen molar-refractivity contribution in [2.45, 2.75) is 13.0 Å². The van der Waals surface area contributed by atoms with Crippen molar-refractivity contribution in [2.75, 3.05) is 19.0 Å². The molecule has 1 heterocycles. The molecular weight excluding hydrogens is 334 g/mol. The molecule has 0 atom stereocenters. The van der Waals surface area contributed by atoms with E-state index in [-0.39, 0.29) is 12.2 Å². The Balaban J connectivity index is 1.76. The fraction of sp³-hybridized carbons (Fsp3) is 0.200. The summed E-state index contributed by atoms with van der Waals surface area (Å²) in [5.41, 5.74) is 2.39. The van der Waals surface area contributed by atoms with Crippen molar-refractivity contribution in [2.24, 2.45) is 0 Å². The summed E-state index contributed by atoms with van der Waals surface area (Å²) in [5.74, 6) is -0.0468. The lowest BCUT2D eigenvalue weighted by atomic mass is 10.0. The minimum Gasteiger partial charge on any atom is -0.488 e. The number of carbonyl (C=O) groups excluding carboxylic acids is 2. The van der Waals surface area contributed by atoms with E-state index >= 15 is 0 Å². The van der Waals surface area contributed by atoms with Crippen LogP contribution < -0.4 is 10.1 Å². The van der Waals surface area contributed by atoms with Gasteiger partial charge in [-0.3, -0.25) is 5.32 Å². The van der Waals surface area contributed by atoms with Crippen molar-refractivity contribution in [1.29, 1.82) is 0 Å². The summed E-state index contributed by atoms with van der Waals surface area (Å²) in [6, 6.07) is 12.7. The van der Waals surface area contributed by atoms with Crippen LogP contribution in [0.1, 0.15) is 21.5 Å². The van der Waals surface area contributed by atoms with E-state index in [9.17, 15) is 9.59 Å². The van der Waals surface area contributed by atoms with E-state index in [1.807, 2.05) is 42.5 Å². The van der Waals surface area contributed by atoms with Crippen LogP contribution in [0.2, 0.25) is 0 Å². The highest BCUT2D eigenvalue weighted by atomic mass is 16.5. The fourth-order valence-electron chi connectivity index (χ4n) is 2.63. The van der Waals surface area contributed by atoms with E-state index in [0.29, 0.717) is 24.5 Å². The van der Waals surface area contributed by atoms with Crippen LogP contribution in [0.4, 0.5) is 10.5 Å². The lowest BCUT2D eigenvalue weighted by molar-refractivity contribution is 0.0596. The molecule has 1 amide bonds. The molecule has 1 N–H and O–H groups in total. The number of ether oxygens (including phenoxy) is 3. The molecule has 0 fully saturated rings. The largest absolute Gasteiger partial charge is 0.488 e. The molecule has 0 saturated heterocycles. The van der Waals surface area contributed by atoms with Gasteiger partial charge >= 0.3 is 12.1 Å². The number of anilines is 1. The smallest absolute Gasteiger partial charge is 0.411 e. The van der Waals surface area contributed by atoms with Gasteiger partial charge in [-0.25, -0.2) is 9.59 Å². The number of allylic oxidation sites excluding steroid dienone is 1. The SMILES string of the molecule is COC(=O)c1cc(NC(=O)OCc2ccccc2)cc2c1OCC=CC2. The standard InChI is InChI=1S/C20H19NO5/c1-24-19(22)17-12-16(11-15-9-5-6-10-25-18(15)17)21-20(23)26-13-14-7-3-2-4-8-14/h2-8,11-12H,9-10,13H2,1H3,(H,21,23). The van der Waals surface area contributed by atoms with Crippen LogP contribution in [0.5, 0.6) is 5.75 Å². The molecule has 0 aromatic heterocycles. The summed E-state index contributed by atoms with van der Waals surface area (Å²) in [6.45, 7) is 0.538. The van der Waals surface area contributed by atoms with Crippen molar-refractivity contribution >= 4 is 17.7 Å². The molecule has 26 heavy (non-hydrogen) atoms. The van der Waals surface area contributed by atoms with Gasteiger partial charge in [0.05, 0.1) is 7.11 Å². The zero-order valence-corrected chi connectivity index (χ0v) is 14.4. The highest BCUT2D eigenvalue weighted by Crippen LogP contribution is 2.31. The molecule has 0 saturated carbocycles. The van der Waals surface area contributed by atoms with E-state index in [4.69, 9.17) is 14.2 Å². The molecule has 134 valence electrons. The van der Waals surface area contributed by atoms with E-state index in [1.54, 1.807) is 6.07 Å². The van der Waals surface area contributed by atoms with Crippen molar-refractivity contribution in [3.8, 4) is 5.75 Å². The van der Waals surface area contributed by atoms with Gasteiger partial charge in [0.2, 0.25) is 0 Å². The zero-order valence-electron chi connectivity index (χ0n) is 14.4. The Morgan fingerprint density at radius 3 is 2.73 bits per heavy atom. The number of carbonyl (C=O) groups is 2. The second kappa shape index (κ2) is 8.20.